The first-order valence-electron chi connectivity index (χ1n) is 40.7. The van der Waals surface area contributed by atoms with E-state index in [1.54, 1.807) is 0 Å². The number of hydrogen-bond acceptors (Lipinski definition) is 6. The summed E-state index contributed by atoms with van der Waals surface area (Å²) in [7, 11) is -3.42. The van der Waals surface area contributed by atoms with Gasteiger partial charge >= 0.3 is 71.2 Å². The molecule has 0 unspecified atom stereocenters. The van der Waals surface area contributed by atoms with Gasteiger partial charge in [0.2, 0.25) is 0 Å². The van der Waals surface area contributed by atoms with E-state index in [1.165, 1.54) is 108 Å². The smallest absolute Gasteiger partial charge is 0.660 e. The van der Waals surface area contributed by atoms with E-state index in [1.807, 2.05) is 0 Å². The van der Waals surface area contributed by atoms with Crippen molar-refractivity contribution in [2.45, 2.75) is 183 Å². The Kier molecular flexibility index (Phi) is 44.4. The summed E-state index contributed by atoms with van der Waals surface area (Å²) in [4.78, 5) is 15.4. The molecule has 0 radical (unpaired) electrons. The first-order chi connectivity index (χ1) is 51.1. The van der Waals surface area contributed by atoms with Gasteiger partial charge in [-0.2, -0.15) is 43.7 Å². The van der Waals surface area contributed by atoms with Gasteiger partial charge in [-0.1, -0.05) is 349 Å². The Morgan fingerprint density at radius 1 is 0.296 bits per heavy atom. The largest absolute Gasteiger partial charge is 3.00 e. The third-order valence-electron chi connectivity index (χ3n) is 21.2. The van der Waals surface area contributed by atoms with Crippen molar-refractivity contribution in [1.29, 1.82) is 0 Å². The summed E-state index contributed by atoms with van der Waals surface area (Å²) in [5.41, 5.74) is 10.8. The molecule has 4 aliphatic heterocycles. The van der Waals surface area contributed by atoms with Crippen LogP contribution in [0.15, 0.2) is 243 Å². The average Bonchev–Trinajstić information content (AvgIpc) is 0.949. The second kappa shape index (κ2) is 50.5. The standard InChI is InChI=1S/2C24H20B.2C15H34N4Si.C6H12.2C4H8O.2La/c2*1-5-13-21(14-6-1)25(22-15-7-2-8-16-22,23-17-9-3-10-18-23)24-19-11-4-12-20-24;2*1-14(2)18-10-8-16-9-11-19(13-12-18)20(6,7)17-15(3,4)5;1-2-4-6-5-3-1;2*1-2-4-5-3-1;;/h2*1-20H;2*14H,8-13H2,1-7H3;1-6H2;2*1-4H2;;/q2*-1;2*-2;;;;2*+3. The summed E-state index contributed by atoms with van der Waals surface area (Å²) in [6, 6.07) is 88.3. The van der Waals surface area contributed by atoms with Gasteiger partial charge in [0.05, 0.1) is 0 Å². The van der Waals surface area contributed by atoms with Gasteiger partial charge in [0.25, 0.3) is 0 Å². The Bertz CT molecular complexity index is 2960. The SMILES string of the molecule is C1CCCCC1.C1CCOC1.C1CCOC1.CC(C)N1CC[N-]CCN([Si](C)(C)[N-]C(C)(C)C)CC1.CC(C)N1CC[N-]CCN([Si](C)(C)[N-]C(C)(C)C)CC1.[La+3].[La+3].c1ccc([B-](c2ccccc2)(c2ccccc2)c2ccccc2)cc1.c1ccc([B-](c2ccccc2)(c2ccccc2)c2ccccc2)cc1. The maximum atomic E-state index is 5.14. The van der Waals surface area contributed by atoms with Crippen LogP contribution in [-0.2, 0) is 9.47 Å². The normalized spacial score (nSPS) is 16.7. The zero-order valence-corrected chi connectivity index (χ0v) is 78.6. The van der Waals surface area contributed by atoms with Crippen molar-refractivity contribution in [2.24, 2.45) is 0 Å². The molecular weight excluding hydrogens is 1600 g/mol. The van der Waals surface area contributed by atoms with Crippen molar-refractivity contribution in [1.82, 2.24) is 18.9 Å². The van der Waals surface area contributed by atoms with E-state index >= 15 is 0 Å². The van der Waals surface area contributed by atoms with Gasteiger partial charge in [-0.05, 0) is 79.6 Å². The Balaban J connectivity index is 0.000000240. The zero-order chi connectivity index (χ0) is 76.0. The summed E-state index contributed by atoms with van der Waals surface area (Å²) in [6.45, 7) is 48.7. The van der Waals surface area contributed by atoms with Crippen LogP contribution in [0.5, 0.6) is 0 Å². The van der Waals surface area contributed by atoms with E-state index in [9.17, 15) is 0 Å². The zero-order valence-electron chi connectivity index (χ0n) is 69.3. The topological polar surface area (TPSA) is 87.8 Å². The molecule has 16 heteroatoms. The fourth-order valence-electron chi connectivity index (χ4n) is 16.2. The summed E-state index contributed by atoms with van der Waals surface area (Å²) >= 11 is 0. The second-order valence-corrected chi connectivity index (χ2v) is 40.6. The van der Waals surface area contributed by atoms with Gasteiger partial charge in [0.1, 0.15) is 12.3 Å². The number of nitrogens with zero attached hydrogens (tertiary/aromatic N) is 8. The van der Waals surface area contributed by atoms with Crippen molar-refractivity contribution in [3.05, 3.63) is 263 Å². The van der Waals surface area contributed by atoms with Crippen LogP contribution in [0.1, 0.15) is 133 Å². The van der Waals surface area contributed by atoms with Crippen molar-refractivity contribution in [3.8, 4) is 0 Å². The van der Waals surface area contributed by atoms with E-state index < -0.39 is 29.1 Å². The Labute approximate surface area is 716 Å². The summed E-state index contributed by atoms with van der Waals surface area (Å²) in [6.07, 6.45) is 11.7. The third kappa shape index (κ3) is 31.6. The first kappa shape index (κ1) is 94.9. The maximum absolute atomic E-state index is 5.14. The molecule has 0 bridgehead atoms. The molecule has 108 heavy (non-hydrogen) atoms. The molecule has 8 aromatic rings. The van der Waals surface area contributed by atoms with Crippen LogP contribution in [0.4, 0.5) is 0 Å². The molecule has 5 aliphatic rings. The molecule has 0 aromatic heterocycles. The molecule has 1 aliphatic carbocycles. The Hall–Kier alpha value is -3.69. The second-order valence-electron chi connectivity index (χ2n) is 32.9. The molecule has 0 amide bonds. The van der Waals surface area contributed by atoms with E-state index in [0.29, 0.717) is 12.1 Å². The van der Waals surface area contributed by atoms with Gasteiger partial charge in [-0.25, -0.2) is 0 Å². The molecule has 8 aromatic carbocycles. The third-order valence-corrected chi connectivity index (χ3v) is 27.7. The van der Waals surface area contributed by atoms with Crippen molar-refractivity contribution in [3.63, 3.8) is 0 Å². The van der Waals surface area contributed by atoms with Crippen LogP contribution in [0, 0.1) is 71.2 Å². The quantitative estimate of drug-likeness (QED) is 0.101. The molecule has 0 atom stereocenters. The van der Waals surface area contributed by atoms with Crippen molar-refractivity contribution < 1.29 is 80.7 Å². The number of benzene rings is 8. The van der Waals surface area contributed by atoms with Crippen LogP contribution in [0.2, 0.25) is 26.2 Å². The van der Waals surface area contributed by atoms with Gasteiger partial charge in [0, 0.05) is 81.5 Å². The van der Waals surface area contributed by atoms with Gasteiger partial charge < -0.3 is 49.0 Å². The molecule has 576 valence electrons. The van der Waals surface area contributed by atoms with Gasteiger partial charge in [-0.15, -0.1) is 37.3 Å². The molecule has 13 rings (SSSR count). The monoisotopic (exact) mass is 1740 g/mol. The summed E-state index contributed by atoms with van der Waals surface area (Å²) in [5.74, 6) is 0. The van der Waals surface area contributed by atoms with E-state index in [2.05, 4.69) is 368 Å². The van der Waals surface area contributed by atoms with Crippen molar-refractivity contribution >= 4 is 72.8 Å². The van der Waals surface area contributed by atoms with E-state index in [-0.39, 0.29) is 82.3 Å². The Morgan fingerprint density at radius 2 is 0.491 bits per heavy atom. The van der Waals surface area contributed by atoms with Crippen LogP contribution < -0.4 is 43.7 Å². The maximum Gasteiger partial charge on any atom is 3.00 e. The molecule has 0 spiro atoms. The van der Waals surface area contributed by atoms with Crippen LogP contribution in [0.25, 0.3) is 20.6 Å². The minimum Gasteiger partial charge on any atom is -0.660 e. The van der Waals surface area contributed by atoms with E-state index in [0.717, 1.165) is 105 Å². The van der Waals surface area contributed by atoms with Gasteiger partial charge in [-0.3, -0.25) is 0 Å². The number of ether oxygens (including phenoxy) is 2. The van der Waals surface area contributed by atoms with Crippen LogP contribution in [-0.4, -0.2) is 176 Å². The predicted molar refractivity (Wildman–Crippen MR) is 472 cm³/mol. The molecular formula is C92H136B2La2N8O2Si2. The number of rotatable bonds is 14. The minimum atomic E-state index is -1.71. The minimum absolute atomic E-state index is 0. The fourth-order valence-corrected chi connectivity index (χ4v) is 22.3. The molecule has 5 fully saturated rings. The Morgan fingerprint density at radius 3 is 0.657 bits per heavy atom. The molecule has 10 nitrogen and oxygen atoms in total. The summed E-state index contributed by atoms with van der Waals surface area (Å²) in [5, 5.41) is 9.36. The molecule has 1 saturated carbocycles. The van der Waals surface area contributed by atoms with E-state index in [4.69, 9.17) is 19.4 Å². The fraction of sp³-hybridized carbons (Fsp3) is 0.478. The average molecular weight is 1740 g/mol. The van der Waals surface area contributed by atoms with Gasteiger partial charge in [0.15, 0.2) is 0 Å². The molecule has 4 heterocycles. The molecule has 4 saturated heterocycles. The van der Waals surface area contributed by atoms with Crippen LogP contribution >= 0.6 is 0 Å². The predicted octanol–water partition coefficient (Wildman–Crippen LogP) is 16.6. The summed E-state index contributed by atoms with van der Waals surface area (Å²) < 4.78 is 15.1. The van der Waals surface area contributed by atoms with Crippen molar-refractivity contribution in [2.75, 3.05) is 105 Å². The number of hydrogen-bond donors (Lipinski definition) is 0. The molecule has 0 N–H and O–H groups in total. The first-order valence-corrected chi connectivity index (χ1v) is 46.5. The van der Waals surface area contributed by atoms with Crippen LogP contribution in [0.3, 0.4) is 0 Å².